The van der Waals surface area contributed by atoms with E-state index in [9.17, 15) is 0 Å². The summed E-state index contributed by atoms with van der Waals surface area (Å²) in [5, 5.41) is 0.135. The molecule has 7 heteroatoms. The topological polar surface area (TPSA) is 101 Å². The Bertz CT molecular complexity index is 135. The molecule has 0 saturated heterocycles. The summed E-state index contributed by atoms with van der Waals surface area (Å²) < 4.78 is 0. The van der Waals surface area contributed by atoms with Crippen molar-refractivity contribution in [2.75, 3.05) is 0 Å². The Hall–Kier alpha value is -1.05. The van der Waals surface area contributed by atoms with Gasteiger partial charge in [-0.05, 0) is 12.2 Å². The van der Waals surface area contributed by atoms with E-state index in [4.69, 9.17) is 11.7 Å². The Morgan fingerprint density at radius 1 is 1.20 bits per heavy atom. The zero-order valence-electron chi connectivity index (χ0n) is 5.11. The normalized spacial score (nSPS) is 10.6. The fraction of sp³-hybridized carbons (Fsp3) is 0. The molecule has 0 unspecified atom stereocenters. The first kappa shape index (κ1) is 8.95. The van der Waals surface area contributed by atoms with Gasteiger partial charge in [-0.2, -0.15) is 0 Å². The molecule has 0 spiro atoms. The molecule has 6 nitrogen and oxygen atoms in total. The SMILES string of the molecule is NNC=NC(=S)N=CNN. The van der Waals surface area contributed by atoms with Crippen LogP contribution in [0.1, 0.15) is 0 Å². The fourth-order valence-corrected chi connectivity index (χ4v) is 0.324. The van der Waals surface area contributed by atoms with E-state index in [-0.39, 0.29) is 5.11 Å². The largest absolute Gasteiger partial charge is 0.315 e. The number of hydrazine groups is 2. The van der Waals surface area contributed by atoms with E-state index in [1.807, 2.05) is 0 Å². The number of nitrogens with one attached hydrogen (secondary N) is 2. The minimum absolute atomic E-state index is 0.135. The molecule has 0 aromatic carbocycles. The minimum atomic E-state index is 0.135. The molecule has 0 heterocycles. The summed E-state index contributed by atoms with van der Waals surface area (Å²) in [5.74, 6) is 9.71. The average molecular weight is 160 g/mol. The van der Waals surface area contributed by atoms with E-state index in [1.54, 1.807) is 0 Å². The van der Waals surface area contributed by atoms with Crippen LogP contribution >= 0.6 is 12.2 Å². The van der Waals surface area contributed by atoms with Gasteiger partial charge in [0.25, 0.3) is 0 Å². The maximum Gasteiger partial charge on any atom is 0.222 e. The third-order valence-electron chi connectivity index (χ3n) is 0.499. The summed E-state index contributed by atoms with van der Waals surface area (Å²) in [7, 11) is 0. The molecule has 6 N–H and O–H groups in total. The van der Waals surface area contributed by atoms with Crippen molar-refractivity contribution in [2.24, 2.45) is 21.7 Å². The second-order valence-electron chi connectivity index (χ2n) is 1.13. The van der Waals surface area contributed by atoms with Crippen molar-refractivity contribution >= 4 is 30.0 Å². The van der Waals surface area contributed by atoms with Gasteiger partial charge in [-0.3, -0.25) is 0 Å². The number of rotatable bonds is 2. The second kappa shape index (κ2) is 6.08. The number of hydrogen-bond donors (Lipinski definition) is 4. The van der Waals surface area contributed by atoms with Crippen molar-refractivity contribution in [1.29, 1.82) is 0 Å². The van der Waals surface area contributed by atoms with Gasteiger partial charge in [0.05, 0.1) is 0 Å². The van der Waals surface area contributed by atoms with E-state index in [0.29, 0.717) is 0 Å². The lowest BCUT2D eigenvalue weighted by Crippen LogP contribution is -2.21. The average Bonchev–Trinajstić information content (AvgIpc) is 1.97. The van der Waals surface area contributed by atoms with E-state index < -0.39 is 0 Å². The quantitative estimate of drug-likeness (QED) is 0.126. The highest BCUT2D eigenvalue weighted by Crippen LogP contribution is 1.76. The van der Waals surface area contributed by atoms with Gasteiger partial charge in [-0.25, -0.2) is 21.7 Å². The highest BCUT2D eigenvalue weighted by Gasteiger charge is 1.80. The zero-order chi connectivity index (χ0) is 7.82. The smallest absolute Gasteiger partial charge is 0.222 e. The summed E-state index contributed by atoms with van der Waals surface area (Å²) in [6.07, 6.45) is 2.44. The molecule has 0 aliphatic heterocycles. The van der Waals surface area contributed by atoms with Crippen molar-refractivity contribution in [2.45, 2.75) is 0 Å². The van der Waals surface area contributed by atoms with E-state index >= 15 is 0 Å². The first-order chi connectivity index (χ1) is 4.81. The highest BCUT2D eigenvalue weighted by molar-refractivity contribution is 7.80. The van der Waals surface area contributed by atoms with Crippen molar-refractivity contribution < 1.29 is 0 Å². The Labute approximate surface area is 63.3 Å². The standard InChI is InChI=1S/C3H8N6S/c4-8-1-6-3(10)7-2-9-5/h1-2H,4-5H2,(H2,6,7,8,9,10). The molecule has 0 aliphatic rings. The monoisotopic (exact) mass is 160 g/mol. The molecule has 0 fully saturated rings. The molecule has 56 valence electrons. The van der Waals surface area contributed by atoms with Crippen LogP contribution in [0.5, 0.6) is 0 Å². The van der Waals surface area contributed by atoms with E-state index in [2.05, 4.69) is 33.1 Å². The minimum Gasteiger partial charge on any atom is -0.315 e. The van der Waals surface area contributed by atoms with Gasteiger partial charge in [0.1, 0.15) is 12.7 Å². The summed E-state index contributed by atoms with van der Waals surface area (Å²) >= 11 is 4.60. The molecule has 10 heavy (non-hydrogen) atoms. The van der Waals surface area contributed by atoms with Gasteiger partial charge in [0, 0.05) is 0 Å². The Morgan fingerprint density at radius 3 is 1.90 bits per heavy atom. The third-order valence-corrected chi connectivity index (χ3v) is 0.710. The second-order valence-corrected chi connectivity index (χ2v) is 1.50. The van der Waals surface area contributed by atoms with Crippen LogP contribution in [0.4, 0.5) is 0 Å². The van der Waals surface area contributed by atoms with Gasteiger partial charge in [-0.15, -0.1) is 0 Å². The summed E-state index contributed by atoms with van der Waals surface area (Å²) in [6.45, 7) is 0. The van der Waals surface area contributed by atoms with Gasteiger partial charge in [0.15, 0.2) is 0 Å². The molecule has 0 aliphatic carbocycles. The Morgan fingerprint density at radius 2 is 1.60 bits per heavy atom. The van der Waals surface area contributed by atoms with Gasteiger partial charge < -0.3 is 10.9 Å². The molecule has 0 radical (unpaired) electrons. The van der Waals surface area contributed by atoms with E-state index in [0.717, 1.165) is 0 Å². The Balaban J connectivity index is 3.63. The summed E-state index contributed by atoms with van der Waals surface area (Å²) in [6, 6.07) is 0. The molecule has 0 aromatic heterocycles. The molecular formula is C3H8N6S. The maximum atomic E-state index is 4.85. The number of nitrogens with zero attached hydrogens (tertiary/aromatic N) is 2. The number of nitrogens with two attached hydrogens (primary N) is 2. The molecule has 0 rings (SSSR count). The van der Waals surface area contributed by atoms with Crippen molar-refractivity contribution in [3.05, 3.63) is 0 Å². The lowest BCUT2D eigenvalue weighted by Gasteiger charge is -1.87. The van der Waals surface area contributed by atoms with Crippen molar-refractivity contribution in [3.63, 3.8) is 0 Å². The predicted octanol–water partition coefficient (Wildman–Crippen LogP) is -1.75. The van der Waals surface area contributed by atoms with Crippen LogP contribution in [0.25, 0.3) is 0 Å². The van der Waals surface area contributed by atoms with Crippen LogP contribution < -0.4 is 22.5 Å². The van der Waals surface area contributed by atoms with Crippen molar-refractivity contribution in [1.82, 2.24) is 10.9 Å². The van der Waals surface area contributed by atoms with Crippen LogP contribution in [-0.4, -0.2) is 17.8 Å². The fourth-order valence-electron chi connectivity index (χ4n) is 0.218. The third kappa shape index (κ3) is 5.09. The lowest BCUT2D eigenvalue weighted by atomic mass is 11.0. The zero-order valence-corrected chi connectivity index (χ0v) is 5.93. The van der Waals surface area contributed by atoms with Crippen LogP contribution in [0.2, 0.25) is 0 Å². The van der Waals surface area contributed by atoms with Gasteiger partial charge in [0.2, 0.25) is 5.11 Å². The van der Waals surface area contributed by atoms with Crippen molar-refractivity contribution in [3.8, 4) is 0 Å². The van der Waals surface area contributed by atoms with Gasteiger partial charge in [-0.1, -0.05) is 0 Å². The molecule has 0 atom stereocenters. The van der Waals surface area contributed by atoms with Crippen LogP contribution in [0, 0.1) is 0 Å². The van der Waals surface area contributed by atoms with Crippen LogP contribution in [0.15, 0.2) is 9.98 Å². The highest BCUT2D eigenvalue weighted by atomic mass is 32.1. The molecule has 0 aromatic rings. The molecule has 0 saturated carbocycles. The van der Waals surface area contributed by atoms with Gasteiger partial charge >= 0.3 is 0 Å². The molecule has 0 amide bonds. The molecule has 0 bridgehead atoms. The van der Waals surface area contributed by atoms with E-state index in [1.165, 1.54) is 12.7 Å². The summed E-state index contributed by atoms with van der Waals surface area (Å²) in [4.78, 5) is 7.11. The first-order valence-electron chi connectivity index (χ1n) is 2.32. The maximum absolute atomic E-state index is 4.85. The summed E-state index contributed by atoms with van der Waals surface area (Å²) in [5.41, 5.74) is 4.34. The number of hydrogen-bond acceptors (Lipinski definition) is 3. The Kier molecular flexibility index (Phi) is 5.44. The van der Waals surface area contributed by atoms with Crippen LogP contribution in [-0.2, 0) is 0 Å². The molecular weight excluding hydrogens is 152 g/mol. The number of thiocarbonyl (C=S) groups is 1. The number of aliphatic imine (C=N–C) groups is 2. The predicted molar refractivity (Wildman–Crippen MR) is 44.2 cm³/mol. The lowest BCUT2D eigenvalue weighted by molar-refractivity contribution is 1.05. The first-order valence-corrected chi connectivity index (χ1v) is 2.73. The van der Waals surface area contributed by atoms with Crippen LogP contribution in [0.3, 0.4) is 0 Å².